The number of ether oxygens (including phenoxy) is 1. The van der Waals surface area contributed by atoms with Gasteiger partial charge in [0.25, 0.3) is 0 Å². The van der Waals surface area contributed by atoms with E-state index in [0.29, 0.717) is 12.1 Å². The van der Waals surface area contributed by atoms with E-state index in [0.717, 1.165) is 26.1 Å². The fourth-order valence-corrected chi connectivity index (χ4v) is 2.74. The zero-order valence-electron chi connectivity index (χ0n) is 12.8. The first-order chi connectivity index (χ1) is 9.79. The maximum absolute atomic E-state index is 5.91. The van der Waals surface area contributed by atoms with Crippen LogP contribution in [-0.2, 0) is 4.74 Å². The van der Waals surface area contributed by atoms with Gasteiger partial charge < -0.3 is 10.1 Å². The number of hydrogen-bond donors (Lipinski definition) is 1. The average Bonchev–Trinajstić information content (AvgIpc) is 2.52. The number of benzene rings is 1. The summed E-state index contributed by atoms with van der Waals surface area (Å²) >= 11 is 0. The topological polar surface area (TPSA) is 24.5 Å². The summed E-state index contributed by atoms with van der Waals surface area (Å²) < 4.78 is 5.91. The van der Waals surface area contributed by atoms with E-state index in [-0.39, 0.29) is 0 Å². The molecule has 2 atom stereocenters. The van der Waals surface area contributed by atoms with Crippen molar-refractivity contribution in [2.24, 2.45) is 0 Å². The molecule has 0 bridgehead atoms. The molecule has 1 aliphatic rings. The van der Waals surface area contributed by atoms with Gasteiger partial charge in [0.1, 0.15) is 0 Å². The fraction of sp³-hybridized carbons (Fsp3) is 0.647. The van der Waals surface area contributed by atoms with Crippen molar-refractivity contribution >= 4 is 5.69 Å². The van der Waals surface area contributed by atoms with Crippen LogP contribution < -0.4 is 5.32 Å². The molecule has 0 amide bonds. The highest BCUT2D eigenvalue weighted by Gasteiger charge is 2.23. The van der Waals surface area contributed by atoms with E-state index in [1.165, 1.54) is 25.1 Å². The van der Waals surface area contributed by atoms with Crippen molar-refractivity contribution in [3.05, 3.63) is 30.3 Å². The molecular weight excluding hydrogens is 248 g/mol. The minimum Gasteiger partial charge on any atom is -0.383 e. The molecule has 1 fully saturated rings. The maximum atomic E-state index is 5.91. The van der Waals surface area contributed by atoms with Crippen molar-refractivity contribution in [3.63, 3.8) is 0 Å². The Hall–Kier alpha value is -1.06. The van der Waals surface area contributed by atoms with Gasteiger partial charge in [0.15, 0.2) is 0 Å². The van der Waals surface area contributed by atoms with Gasteiger partial charge in [-0.1, -0.05) is 25.1 Å². The molecule has 0 aromatic heterocycles. The van der Waals surface area contributed by atoms with Crippen molar-refractivity contribution in [1.29, 1.82) is 0 Å². The molecule has 1 aromatic carbocycles. The minimum atomic E-state index is 0.433. The van der Waals surface area contributed by atoms with Gasteiger partial charge in [0.2, 0.25) is 0 Å². The first-order valence-corrected chi connectivity index (χ1v) is 7.94. The Balaban J connectivity index is 1.75. The van der Waals surface area contributed by atoms with Crippen LogP contribution in [0, 0.1) is 0 Å². The lowest BCUT2D eigenvalue weighted by Gasteiger charge is -2.36. The van der Waals surface area contributed by atoms with Crippen LogP contribution in [0.25, 0.3) is 0 Å². The van der Waals surface area contributed by atoms with Crippen molar-refractivity contribution in [2.45, 2.75) is 45.3 Å². The summed E-state index contributed by atoms with van der Waals surface area (Å²) in [5, 5.41) is 3.52. The van der Waals surface area contributed by atoms with Crippen LogP contribution in [0.1, 0.15) is 33.1 Å². The zero-order chi connectivity index (χ0) is 14.2. The average molecular weight is 276 g/mol. The number of anilines is 1. The van der Waals surface area contributed by atoms with Gasteiger partial charge in [0.05, 0.1) is 6.10 Å². The van der Waals surface area contributed by atoms with Crippen LogP contribution in [0.4, 0.5) is 5.69 Å². The Morgan fingerprint density at radius 3 is 2.90 bits per heavy atom. The predicted molar refractivity (Wildman–Crippen MR) is 85.2 cm³/mol. The van der Waals surface area contributed by atoms with Gasteiger partial charge in [-0.15, -0.1) is 0 Å². The third-order valence-corrected chi connectivity index (χ3v) is 3.97. The molecule has 3 nitrogen and oxygen atoms in total. The number of nitrogens with zero attached hydrogens (tertiary/aromatic N) is 1. The second-order valence-corrected chi connectivity index (χ2v) is 5.73. The van der Waals surface area contributed by atoms with E-state index in [2.05, 4.69) is 54.4 Å². The highest BCUT2D eigenvalue weighted by molar-refractivity contribution is 5.42. The number of nitrogens with one attached hydrogen (secondary N) is 1. The Morgan fingerprint density at radius 1 is 1.35 bits per heavy atom. The van der Waals surface area contributed by atoms with Crippen LogP contribution in [0.2, 0.25) is 0 Å². The van der Waals surface area contributed by atoms with Crippen molar-refractivity contribution in [3.8, 4) is 0 Å². The third-order valence-electron chi connectivity index (χ3n) is 3.97. The Kier molecular flexibility index (Phi) is 6.34. The molecule has 0 saturated carbocycles. The Labute approximate surface area is 123 Å². The molecule has 1 saturated heterocycles. The normalized spacial score (nSPS) is 21.6. The highest BCUT2D eigenvalue weighted by Crippen LogP contribution is 2.16. The molecule has 3 heteroatoms. The molecule has 1 aliphatic heterocycles. The molecule has 2 unspecified atom stereocenters. The fourth-order valence-electron chi connectivity index (χ4n) is 2.74. The van der Waals surface area contributed by atoms with E-state index in [1.54, 1.807) is 0 Å². The summed E-state index contributed by atoms with van der Waals surface area (Å²) in [6.45, 7) is 8.64. The monoisotopic (exact) mass is 276 g/mol. The molecule has 1 N–H and O–H groups in total. The quantitative estimate of drug-likeness (QED) is 0.826. The molecule has 112 valence electrons. The Bertz CT molecular complexity index is 369. The van der Waals surface area contributed by atoms with Crippen LogP contribution in [0.15, 0.2) is 30.3 Å². The van der Waals surface area contributed by atoms with Crippen molar-refractivity contribution in [2.75, 3.05) is 31.6 Å². The van der Waals surface area contributed by atoms with Crippen LogP contribution in [0.3, 0.4) is 0 Å². The second-order valence-electron chi connectivity index (χ2n) is 5.73. The van der Waals surface area contributed by atoms with E-state index in [9.17, 15) is 0 Å². The number of piperidine rings is 1. The molecular formula is C17H28N2O. The standard InChI is InChI=1S/C17H28N2O/c1-3-12-20-17-10-7-11-19(14-17)15(2)13-18-16-8-5-4-6-9-16/h4-6,8-9,15,17-18H,3,7,10-14H2,1-2H3. The smallest absolute Gasteiger partial charge is 0.0702 e. The minimum absolute atomic E-state index is 0.433. The van der Waals surface area contributed by atoms with Gasteiger partial charge in [0, 0.05) is 31.4 Å². The summed E-state index contributed by atoms with van der Waals surface area (Å²) in [5.41, 5.74) is 1.20. The second kappa shape index (κ2) is 8.28. The lowest BCUT2D eigenvalue weighted by Crippen LogP contribution is -2.46. The summed E-state index contributed by atoms with van der Waals surface area (Å²) in [6, 6.07) is 11.0. The zero-order valence-corrected chi connectivity index (χ0v) is 12.8. The summed E-state index contributed by atoms with van der Waals surface area (Å²) in [4.78, 5) is 2.56. The summed E-state index contributed by atoms with van der Waals surface area (Å²) in [6.07, 6.45) is 4.02. The molecule has 1 aromatic rings. The van der Waals surface area contributed by atoms with E-state index < -0.39 is 0 Å². The van der Waals surface area contributed by atoms with Gasteiger partial charge in [-0.3, -0.25) is 4.90 Å². The van der Waals surface area contributed by atoms with Crippen LogP contribution in [0.5, 0.6) is 0 Å². The lowest BCUT2D eigenvalue weighted by molar-refractivity contribution is -0.00885. The first kappa shape index (κ1) is 15.3. The predicted octanol–water partition coefficient (Wildman–Crippen LogP) is 3.38. The van der Waals surface area contributed by atoms with E-state index in [4.69, 9.17) is 4.74 Å². The number of para-hydroxylation sites is 1. The van der Waals surface area contributed by atoms with Crippen LogP contribution in [-0.4, -0.2) is 43.3 Å². The van der Waals surface area contributed by atoms with E-state index in [1.807, 2.05) is 0 Å². The first-order valence-electron chi connectivity index (χ1n) is 7.94. The van der Waals surface area contributed by atoms with Gasteiger partial charge >= 0.3 is 0 Å². The summed E-state index contributed by atoms with van der Waals surface area (Å²) in [7, 11) is 0. The van der Waals surface area contributed by atoms with Gasteiger partial charge in [-0.05, 0) is 44.9 Å². The molecule has 20 heavy (non-hydrogen) atoms. The molecule has 2 rings (SSSR count). The summed E-state index contributed by atoms with van der Waals surface area (Å²) in [5.74, 6) is 0. The lowest BCUT2D eigenvalue weighted by atomic mass is 10.1. The third kappa shape index (κ3) is 4.80. The molecule has 0 spiro atoms. The SMILES string of the molecule is CCCOC1CCCN(C(C)CNc2ccccc2)C1. The molecule has 0 radical (unpaired) electrons. The van der Waals surface area contributed by atoms with Crippen molar-refractivity contribution < 1.29 is 4.74 Å². The molecule has 0 aliphatic carbocycles. The highest BCUT2D eigenvalue weighted by atomic mass is 16.5. The largest absolute Gasteiger partial charge is 0.383 e. The Morgan fingerprint density at radius 2 is 2.15 bits per heavy atom. The number of likely N-dealkylation sites (tertiary alicyclic amines) is 1. The number of hydrogen-bond acceptors (Lipinski definition) is 3. The van der Waals surface area contributed by atoms with Gasteiger partial charge in [-0.2, -0.15) is 0 Å². The maximum Gasteiger partial charge on any atom is 0.0702 e. The van der Waals surface area contributed by atoms with E-state index >= 15 is 0 Å². The van der Waals surface area contributed by atoms with Crippen molar-refractivity contribution in [1.82, 2.24) is 4.90 Å². The van der Waals surface area contributed by atoms with Crippen LogP contribution >= 0.6 is 0 Å². The van der Waals surface area contributed by atoms with Gasteiger partial charge in [-0.25, -0.2) is 0 Å². The number of rotatable bonds is 7. The molecule has 1 heterocycles.